The van der Waals surface area contributed by atoms with Gasteiger partial charge >= 0.3 is 6.18 Å². The van der Waals surface area contributed by atoms with Gasteiger partial charge < -0.3 is 0 Å². The zero-order valence-electron chi connectivity index (χ0n) is 11.9. The minimum atomic E-state index is -4.57. The number of hydrogen-bond acceptors (Lipinski definition) is 3. The number of carbonyl (C=O) groups is 1. The number of fused-ring (bicyclic) bond motifs is 1. The molecule has 5 nitrogen and oxygen atoms in total. The highest BCUT2D eigenvalue weighted by Gasteiger charge is 2.33. The van der Waals surface area contributed by atoms with E-state index in [0.29, 0.717) is 18.2 Å². The zero-order valence-corrected chi connectivity index (χ0v) is 11.9. The lowest BCUT2D eigenvalue weighted by Gasteiger charge is -2.17. The largest absolute Gasteiger partial charge is 0.432 e. The summed E-state index contributed by atoms with van der Waals surface area (Å²) < 4.78 is 37.4. The molecular weight excluding hydrogens is 309 g/mol. The van der Waals surface area contributed by atoms with Crippen molar-refractivity contribution >= 4 is 11.6 Å². The maximum atomic E-state index is 12.5. The molecule has 1 amide bonds. The number of amides is 1. The number of aromatic amines is 1. The molecule has 1 aliphatic rings. The summed E-state index contributed by atoms with van der Waals surface area (Å²) in [5.74, 6) is -0.785. The Bertz CT molecular complexity index is 764. The van der Waals surface area contributed by atoms with E-state index in [2.05, 4.69) is 15.6 Å². The lowest BCUT2D eigenvalue weighted by molar-refractivity contribution is -0.141. The van der Waals surface area contributed by atoms with Crippen LogP contribution in [0.4, 0.5) is 13.2 Å². The molecule has 2 aromatic rings. The molecule has 1 aliphatic carbocycles. The van der Waals surface area contributed by atoms with Crippen LogP contribution in [0.2, 0.25) is 0 Å². The van der Waals surface area contributed by atoms with E-state index in [4.69, 9.17) is 0 Å². The molecule has 3 rings (SSSR count). The number of hydrazone groups is 1. The molecule has 0 saturated heterocycles. The minimum Gasteiger partial charge on any atom is -0.273 e. The molecule has 0 saturated carbocycles. The molecule has 1 heterocycles. The van der Waals surface area contributed by atoms with E-state index in [1.807, 2.05) is 24.3 Å². The number of H-pyrrole nitrogens is 1. The van der Waals surface area contributed by atoms with E-state index in [-0.39, 0.29) is 5.69 Å². The number of hydrogen-bond donors (Lipinski definition) is 2. The van der Waals surface area contributed by atoms with Gasteiger partial charge in [0.05, 0.1) is 5.71 Å². The van der Waals surface area contributed by atoms with Gasteiger partial charge in [-0.05, 0) is 24.8 Å². The van der Waals surface area contributed by atoms with Gasteiger partial charge in [-0.25, -0.2) is 5.43 Å². The molecule has 0 bridgehead atoms. The average Bonchev–Trinajstić information content (AvgIpc) is 3.03. The van der Waals surface area contributed by atoms with Gasteiger partial charge in [0.25, 0.3) is 5.91 Å². The fraction of sp³-hybridized carbons (Fsp3) is 0.267. The second-order valence-corrected chi connectivity index (χ2v) is 5.17. The molecule has 1 aromatic carbocycles. The maximum Gasteiger partial charge on any atom is 0.432 e. The monoisotopic (exact) mass is 322 g/mol. The number of halogens is 3. The second-order valence-electron chi connectivity index (χ2n) is 5.17. The van der Waals surface area contributed by atoms with E-state index in [1.54, 1.807) is 5.10 Å². The van der Waals surface area contributed by atoms with Crippen molar-refractivity contribution in [3.63, 3.8) is 0 Å². The summed E-state index contributed by atoms with van der Waals surface area (Å²) in [5.41, 5.74) is 3.66. The Balaban J connectivity index is 1.76. The zero-order chi connectivity index (χ0) is 16.4. The van der Waals surface area contributed by atoms with Crippen LogP contribution >= 0.6 is 0 Å². The Morgan fingerprint density at radius 3 is 2.78 bits per heavy atom. The number of benzene rings is 1. The Kier molecular flexibility index (Phi) is 3.89. The third-order valence-corrected chi connectivity index (χ3v) is 3.60. The smallest absolute Gasteiger partial charge is 0.273 e. The molecule has 0 spiro atoms. The number of aromatic nitrogens is 2. The van der Waals surface area contributed by atoms with Crippen molar-refractivity contribution in [2.45, 2.75) is 25.4 Å². The molecule has 2 N–H and O–H groups in total. The summed E-state index contributed by atoms with van der Waals surface area (Å²) in [6.07, 6.45) is -2.02. The van der Waals surface area contributed by atoms with Crippen LogP contribution in [0.15, 0.2) is 35.4 Å². The molecular formula is C15H13F3N4O. The van der Waals surface area contributed by atoms with Gasteiger partial charge in [0.15, 0.2) is 5.69 Å². The molecule has 0 fully saturated rings. The van der Waals surface area contributed by atoms with Gasteiger partial charge in [-0.1, -0.05) is 24.3 Å². The predicted octanol–water partition coefficient (Wildman–Crippen LogP) is 2.90. The van der Waals surface area contributed by atoms with Crippen molar-refractivity contribution in [1.29, 1.82) is 0 Å². The Labute approximate surface area is 129 Å². The Hall–Kier alpha value is -2.64. The van der Waals surface area contributed by atoms with Crippen LogP contribution in [0, 0.1) is 0 Å². The SMILES string of the molecule is O=C(NN=C1CCCc2ccccc21)c1cc(C(F)(F)F)[nH]n1. The van der Waals surface area contributed by atoms with Gasteiger partial charge in [-0.3, -0.25) is 9.89 Å². The van der Waals surface area contributed by atoms with Crippen LogP contribution in [-0.2, 0) is 12.6 Å². The molecule has 0 radical (unpaired) electrons. The third kappa shape index (κ3) is 3.25. The fourth-order valence-electron chi connectivity index (χ4n) is 2.48. The fourth-order valence-corrected chi connectivity index (χ4v) is 2.48. The lowest BCUT2D eigenvalue weighted by Crippen LogP contribution is -2.22. The quantitative estimate of drug-likeness (QED) is 0.835. The van der Waals surface area contributed by atoms with E-state index >= 15 is 0 Å². The standard InChI is InChI=1S/C15H13F3N4O/c16-15(17,18)13-8-12(20-21-13)14(23)22-19-11-7-3-5-9-4-1-2-6-10(9)11/h1-2,4,6,8H,3,5,7H2,(H,20,21)(H,22,23). The molecule has 0 atom stereocenters. The average molecular weight is 322 g/mol. The topological polar surface area (TPSA) is 70.1 Å². The summed E-state index contributed by atoms with van der Waals surface area (Å²) in [5, 5.41) is 9.21. The minimum absolute atomic E-state index is 0.356. The van der Waals surface area contributed by atoms with E-state index < -0.39 is 17.8 Å². The highest BCUT2D eigenvalue weighted by molar-refractivity contribution is 6.03. The van der Waals surface area contributed by atoms with Crippen LogP contribution in [0.25, 0.3) is 0 Å². The van der Waals surface area contributed by atoms with Crippen molar-refractivity contribution in [3.05, 3.63) is 52.8 Å². The molecule has 0 aliphatic heterocycles. The van der Waals surface area contributed by atoms with Crippen molar-refractivity contribution in [2.24, 2.45) is 5.10 Å². The van der Waals surface area contributed by atoms with Crippen molar-refractivity contribution in [1.82, 2.24) is 15.6 Å². The number of carbonyl (C=O) groups excluding carboxylic acids is 1. The number of aryl methyl sites for hydroxylation is 1. The van der Waals surface area contributed by atoms with Crippen LogP contribution in [0.1, 0.15) is 40.2 Å². The molecule has 120 valence electrons. The normalized spacial score (nSPS) is 16.2. The first kappa shape index (κ1) is 15.3. The van der Waals surface area contributed by atoms with Gasteiger partial charge in [0, 0.05) is 11.6 Å². The molecule has 1 aromatic heterocycles. The van der Waals surface area contributed by atoms with Gasteiger partial charge in [-0.2, -0.15) is 23.4 Å². The summed E-state index contributed by atoms with van der Waals surface area (Å²) >= 11 is 0. The number of alkyl halides is 3. The first-order valence-electron chi connectivity index (χ1n) is 7.03. The van der Waals surface area contributed by atoms with E-state index in [0.717, 1.165) is 24.0 Å². The Morgan fingerprint density at radius 2 is 2.04 bits per heavy atom. The molecule has 0 unspecified atom stereocenters. The van der Waals surface area contributed by atoms with E-state index in [1.165, 1.54) is 0 Å². The summed E-state index contributed by atoms with van der Waals surface area (Å²) in [6.45, 7) is 0. The number of nitrogens with one attached hydrogen (secondary N) is 2. The van der Waals surface area contributed by atoms with Crippen molar-refractivity contribution in [3.8, 4) is 0 Å². The van der Waals surface area contributed by atoms with Gasteiger partial charge in [-0.15, -0.1) is 0 Å². The number of nitrogens with zero attached hydrogens (tertiary/aromatic N) is 2. The first-order chi connectivity index (χ1) is 10.9. The maximum absolute atomic E-state index is 12.5. The highest BCUT2D eigenvalue weighted by atomic mass is 19.4. The lowest BCUT2D eigenvalue weighted by atomic mass is 9.90. The highest BCUT2D eigenvalue weighted by Crippen LogP contribution is 2.27. The van der Waals surface area contributed by atoms with Crippen LogP contribution in [-0.4, -0.2) is 21.8 Å². The Morgan fingerprint density at radius 1 is 1.26 bits per heavy atom. The van der Waals surface area contributed by atoms with Crippen LogP contribution < -0.4 is 5.43 Å². The van der Waals surface area contributed by atoms with E-state index in [9.17, 15) is 18.0 Å². The summed E-state index contributed by atoms with van der Waals surface area (Å²) in [7, 11) is 0. The van der Waals surface area contributed by atoms with Crippen molar-refractivity contribution in [2.75, 3.05) is 0 Å². The van der Waals surface area contributed by atoms with Crippen LogP contribution in [0.3, 0.4) is 0 Å². The summed E-state index contributed by atoms with van der Waals surface area (Å²) in [4.78, 5) is 11.9. The van der Waals surface area contributed by atoms with Gasteiger partial charge in [0.2, 0.25) is 0 Å². The van der Waals surface area contributed by atoms with Gasteiger partial charge in [0.1, 0.15) is 5.69 Å². The van der Waals surface area contributed by atoms with Crippen molar-refractivity contribution < 1.29 is 18.0 Å². The third-order valence-electron chi connectivity index (χ3n) is 3.60. The molecule has 8 heteroatoms. The predicted molar refractivity (Wildman–Crippen MR) is 77.0 cm³/mol. The first-order valence-corrected chi connectivity index (χ1v) is 7.03. The summed E-state index contributed by atoms with van der Waals surface area (Å²) in [6, 6.07) is 8.38. The van der Waals surface area contributed by atoms with Crippen LogP contribution in [0.5, 0.6) is 0 Å². The molecule has 23 heavy (non-hydrogen) atoms. The second kappa shape index (κ2) is 5.86. The number of rotatable bonds is 2.